The third-order valence-corrected chi connectivity index (χ3v) is 4.65. The SMILES string of the molecule is CN(C)Cc1ccsc1CNC(=O)c1cccc(C(F)(F)F)c1Cl. The number of thiophene rings is 1. The summed E-state index contributed by atoms with van der Waals surface area (Å²) in [5.41, 5.74) is -0.126. The summed E-state index contributed by atoms with van der Waals surface area (Å²) in [4.78, 5) is 15.2. The molecule has 0 aliphatic heterocycles. The van der Waals surface area contributed by atoms with Crippen molar-refractivity contribution in [3.05, 3.63) is 56.2 Å². The van der Waals surface area contributed by atoms with Crippen molar-refractivity contribution in [2.24, 2.45) is 0 Å². The number of halogens is 4. The fourth-order valence-electron chi connectivity index (χ4n) is 2.19. The van der Waals surface area contributed by atoms with Gasteiger partial charge in [-0.2, -0.15) is 13.2 Å². The second-order valence-electron chi connectivity index (χ2n) is 5.45. The van der Waals surface area contributed by atoms with Gasteiger partial charge in [0.1, 0.15) is 0 Å². The number of carbonyl (C=O) groups is 1. The lowest BCUT2D eigenvalue weighted by Gasteiger charge is -2.13. The van der Waals surface area contributed by atoms with Crippen LogP contribution in [-0.2, 0) is 19.3 Å². The van der Waals surface area contributed by atoms with Crippen molar-refractivity contribution in [1.29, 1.82) is 0 Å². The van der Waals surface area contributed by atoms with Crippen LogP contribution in [-0.4, -0.2) is 24.9 Å². The molecule has 1 N–H and O–H groups in total. The van der Waals surface area contributed by atoms with Gasteiger partial charge in [0.05, 0.1) is 22.7 Å². The fraction of sp³-hybridized carbons (Fsp3) is 0.312. The Hall–Kier alpha value is -1.57. The van der Waals surface area contributed by atoms with E-state index in [1.165, 1.54) is 23.5 Å². The third-order valence-electron chi connectivity index (χ3n) is 3.28. The van der Waals surface area contributed by atoms with Gasteiger partial charge >= 0.3 is 6.18 Å². The molecule has 0 atom stereocenters. The molecule has 1 aromatic heterocycles. The zero-order valence-electron chi connectivity index (χ0n) is 13.1. The molecule has 2 aromatic rings. The van der Waals surface area contributed by atoms with Gasteiger partial charge in [0, 0.05) is 11.4 Å². The lowest BCUT2D eigenvalue weighted by atomic mass is 10.1. The number of nitrogens with one attached hydrogen (secondary N) is 1. The topological polar surface area (TPSA) is 32.3 Å². The number of hydrogen-bond donors (Lipinski definition) is 1. The largest absolute Gasteiger partial charge is 0.417 e. The molecule has 1 aromatic carbocycles. The summed E-state index contributed by atoms with van der Waals surface area (Å²) >= 11 is 7.25. The summed E-state index contributed by atoms with van der Waals surface area (Å²) in [5.74, 6) is -0.629. The van der Waals surface area contributed by atoms with Gasteiger partial charge in [-0.1, -0.05) is 17.7 Å². The normalized spacial score (nSPS) is 11.8. The van der Waals surface area contributed by atoms with Crippen LogP contribution in [0.5, 0.6) is 0 Å². The number of benzene rings is 1. The van der Waals surface area contributed by atoms with Crippen molar-refractivity contribution < 1.29 is 18.0 Å². The maximum Gasteiger partial charge on any atom is 0.417 e. The summed E-state index contributed by atoms with van der Waals surface area (Å²) in [6.07, 6.45) is -4.60. The predicted octanol–water partition coefficient (Wildman–Crippen LogP) is 4.41. The minimum atomic E-state index is -4.60. The average molecular weight is 377 g/mol. The first-order valence-electron chi connectivity index (χ1n) is 7.04. The van der Waals surface area contributed by atoms with Crippen molar-refractivity contribution in [3.63, 3.8) is 0 Å². The first-order valence-corrected chi connectivity index (χ1v) is 8.29. The highest BCUT2D eigenvalue weighted by Gasteiger charge is 2.34. The highest BCUT2D eigenvalue weighted by atomic mass is 35.5. The molecule has 2 rings (SSSR count). The second-order valence-corrected chi connectivity index (χ2v) is 6.83. The number of alkyl halides is 3. The first-order chi connectivity index (χ1) is 11.2. The second kappa shape index (κ2) is 7.55. The molecule has 0 radical (unpaired) electrons. The van der Waals surface area contributed by atoms with Crippen molar-refractivity contribution in [3.8, 4) is 0 Å². The predicted molar refractivity (Wildman–Crippen MR) is 89.3 cm³/mol. The molecule has 1 amide bonds. The van der Waals surface area contributed by atoms with Gasteiger partial charge in [-0.15, -0.1) is 11.3 Å². The van der Waals surface area contributed by atoms with E-state index in [2.05, 4.69) is 5.32 Å². The molecule has 0 unspecified atom stereocenters. The minimum absolute atomic E-state index is 0.183. The van der Waals surface area contributed by atoms with Crippen molar-refractivity contribution in [2.75, 3.05) is 14.1 Å². The van der Waals surface area contributed by atoms with E-state index in [1.54, 1.807) is 0 Å². The van der Waals surface area contributed by atoms with Crippen LogP contribution in [0.2, 0.25) is 5.02 Å². The maximum atomic E-state index is 12.9. The highest BCUT2D eigenvalue weighted by Crippen LogP contribution is 2.36. The van der Waals surface area contributed by atoms with Crippen LogP contribution in [0.1, 0.15) is 26.4 Å². The quantitative estimate of drug-likeness (QED) is 0.838. The Labute approximate surface area is 147 Å². The van der Waals surface area contributed by atoms with Crippen LogP contribution in [0.15, 0.2) is 29.6 Å². The average Bonchev–Trinajstić information content (AvgIpc) is 2.90. The molecule has 130 valence electrons. The smallest absolute Gasteiger partial charge is 0.347 e. The van der Waals surface area contributed by atoms with E-state index in [1.807, 2.05) is 30.4 Å². The summed E-state index contributed by atoms with van der Waals surface area (Å²) in [5, 5.41) is 3.97. The molecule has 24 heavy (non-hydrogen) atoms. The summed E-state index contributed by atoms with van der Waals surface area (Å²) < 4.78 is 38.6. The Morgan fingerprint density at radius 3 is 2.62 bits per heavy atom. The Bertz CT molecular complexity index is 728. The maximum absolute atomic E-state index is 12.9. The molecule has 0 bridgehead atoms. The van der Waals surface area contributed by atoms with E-state index in [0.717, 1.165) is 23.1 Å². The van der Waals surface area contributed by atoms with E-state index < -0.39 is 22.7 Å². The zero-order valence-corrected chi connectivity index (χ0v) is 14.6. The van der Waals surface area contributed by atoms with Crippen molar-refractivity contribution in [1.82, 2.24) is 10.2 Å². The lowest BCUT2D eigenvalue weighted by molar-refractivity contribution is -0.137. The fourth-order valence-corrected chi connectivity index (χ4v) is 3.34. The number of rotatable bonds is 5. The number of carbonyl (C=O) groups excluding carboxylic acids is 1. The van der Waals surface area contributed by atoms with Gasteiger partial charge < -0.3 is 10.2 Å². The van der Waals surface area contributed by atoms with Crippen LogP contribution in [0, 0.1) is 0 Å². The monoisotopic (exact) mass is 376 g/mol. The third kappa shape index (κ3) is 4.49. The Balaban J connectivity index is 2.13. The van der Waals surface area contributed by atoms with Gasteiger partial charge in [0.15, 0.2) is 0 Å². The van der Waals surface area contributed by atoms with Crippen LogP contribution < -0.4 is 5.32 Å². The highest BCUT2D eigenvalue weighted by molar-refractivity contribution is 7.10. The Morgan fingerprint density at radius 2 is 2.00 bits per heavy atom. The van der Waals surface area contributed by atoms with Crippen LogP contribution in [0.4, 0.5) is 13.2 Å². The number of hydrogen-bond acceptors (Lipinski definition) is 3. The molecular weight excluding hydrogens is 361 g/mol. The number of amides is 1. The first kappa shape index (κ1) is 18.8. The van der Waals surface area contributed by atoms with Gasteiger partial charge in [0.25, 0.3) is 5.91 Å². The molecule has 0 saturated heterocycles. The Morgan fingerprint density at radius 1 is 1.29 bits per heavy atom. The minimum Gasteiger partial charge on any atom is -0.347 e. The summed E-state index contributed by atoms with van der Waals surface area (Å²) in [6, 6.07) is 5.27. The van der Waals surface area contributed by atoms with Gasteiger partial charge in [0.2, 0.25) is 0 Å². The van der Waals surface area contributed by atoms with E-state index in [0.29, 0.717) is 0 Å². The van der Waals surface area contributed by atoms with E-state index in [-0.39, 0.29) is 12.1 Å². The van der Waals surface area contributed by atoms with E-state index >= 15 is 0 Å². The van der Waals surface area contributed by atoms with Crippen LogP contribution in [0.3, 0.4) is 0 Å². The van der Waals surface area contributed by atoms with Gasteiger partial charge in [-0.25, -0.2) is 0 Å². The summed E-state index contributed by atoms with van der Waals surface area (Å²) in [7, 11) is 3.87. The molecule has 1 heterocycles. The van der Waals surface area contributed by atoms with Crippen LogP contribution >= 0.6 is 22.9 Å². The standard InChI is InChI=1S/C16H16ClF3N2OS/c1-22(2)9-10-6-7-24-13(10)8-21-15(23)11-4-3-5-12(14(11)17)16(18,19)20/h3-7H,8-9H2,1-2H3,(H,21,23). The molecule has 8 heteroatoms. The van der Waals surface area contributed by atoms with Crippen LogP contribution in [0.25, 0.3) is 0 Å². The van der Waals surface area contributed by atoms with Gasteiger partial charge in [-0.3, -0.25) is 4.79 Å². The van der Waals surface area contributed by atoms with E-state index in [9.17, 15) is 18.0 Å². The molecule has 3 nitrogen and oxygen atoms in total. The van der Waals surface area contributed by atoms with Gasteiger partial charge in [-0.05, 0) is 43.2 Å². The summed E-state index contributed by atoms with van der Waals surface area (Å²) in [6.45, 7) is 0.964. The molecule has 0 aliphatic rings. The van der Waals surface area contributed by atoms with E-state index in [4.69, 9.17) is 11.6 Å². The Kier molecular flexibility index (Phi) is 5.90. The molecule has 0 fully saturated rings. The van der Waals surface area contributed by atoms with Crippen molar-refractivity contribution in [2.45, 2.75) is 19.3 Å². The molecule has 0 spiro atoms. The molecule has 0 saturated carbocycles. The van der Waals surface area contributed by atoms with Crippen molar-refractivity contribution >= 4 is 28.8 Å². The molecular formula is C16H16ClF3N2OS. The zero-order chi connectivity index (χ0) is 17.9. The number of nitrogens with zero attached hydrogens (tertiary/aromatic N) is 1. The lowest BCUT2D eigenvalue weighted by Crippen LogP contribution is -2.24. The molecule has 0 aliphatic carbocycles.